The SMILES string of the molecule is COc1cc(/C=C2\COc3ccccc3C2=O)ccc1OCC(=O)O. The Hall–Kier alpha value is -3.28. The van der Waals surface area contributed by atoms with Crippen molar-refractivity contribution < 1.29 is 28.9 Å². The fourth-order valence-electron chi connectivity index (χ4n) is 2.52. The minimum absolute atomic E-state index is 0.0768. The number of carboxylic acids is 1. The summed E-state index contributed by atoms with van der Waals surface area (Å²) in [6, 6.07) is 12.1. The van der Waals surface area contributed by atoms with Crippen molar-refractivity contribution in [3.63, 3.8) is 0 Å². The first-order chi connectivity index (χ1) is 12.1. The van der Waals surface area contributed by atoms with E-state index < -0.39 is 12.6 Å². The Morgan fingerprint density at radius 2 is 2.04 bits per heavy atom. The molecule has 0 spiro atoms. The van der Waals surface area contributed by atoms with Crippen LogP contribution in [0.25, 0.3) is 6.08 Å². The molecule has 128 valence electrons. The van der Waals surface area contributed by atoms with Gasteiger partial charge in [0.2, 0.25) is 0 Å². The van der Waals surface area contributed by atoms with Crippen LogP contribution >= 0.6 is 0 Å². The molecule has 0 aliphatic carbocycles. The van der Waals surface area contributed by atoms with Crippen molar-refractivity contribution in [3.05, 3.63) is 59.2 Å². The average molecular weight is 340 g/mol. The maximum Gasteiger partial charge on any atom is 0.341 e. The molecule has 0 amide bonds. The standard InChI is InChI=1S/C19H16O6/c1-23-17-9-12(6-7-16(17)25-11-18(20)21)8-13-10-24-15-5-3-2-4-14(15)19(13)22/h2-9H,10-11H2,1H3,(H,20,21)/b13-8+. The van der Waals surface area contributed by atoms with E-state index in [0.29, 0.717) is 28.4 Å². The molecular formula is C19H16O6. The number of benzene rings is 2. The molecule has 3 rings (SSSR count). The van der Waals surface area contributed by atoms with Crippen molar-refractivity contribution in [2.75, 3.05) is 20.3 Å². The van der Waals surface area contributed by atoms with Gasteiger partial charge in [-0.05, 0) is 35.9 Å². The second-order valence-corrected chi connectivity index (χ2v) is 5.38. The van der Waals surface area contributed by atoms with Gasteiger partial charge in [-0.3, -0.25) is 4.79 Å². The number of carboxylic acid groups (broad SMARTS) is 1. The number of carbonyl (C=O) groups excluding carboxylic acids is 1. The first-order valence-electron chi connectivity index (χ1n) is 7.58. The zero-order chi connectivity index (χ0) is 17.8. The van der Waals surface area contributed by atoms with Gasteiger partial charge >= 0.3 is 5.97 Å². The molecule has 0 saturated carbocycles. The summed E-state index contributed by atoms with van der Waals surface area (Å²) in [4.78, 5) is 23.2. The van der Waals surface area contributed by atoms with E-state index in [9.17, 15) is 9.59 Å². The summed E-state index contributed by atoms with van der Waals surface area (Å²) >= 11 is 0. The van der Waals surface area contributed by atoms with Crippen LogP contribution in [0.3, 0.4) is 0 Å². The van der Waals surface area contributed by atoms with E-state index in [1.165, 1.54) is 7.11 Å². The molecule has 1 heterocycles. The molecule has 0 saturated heterocycles. The van der Waals surface area contributed by atoms with Gasteiger partial charge in [-0.2, -0.15) is 0 Å². The van der Waals surface area contributed by atoms with Crippen LogP contribution in [-0.2, 0) is 4.79 Å². The zero-order valence-corrected chi connectivity index (χ0v) is 13.5. The van der Waals surface area contributed by atoms with Gasteiger partial charge in [-0.1, -0.05) is 18.2 Å². The topological polar surface area (TPSA) is 82.1 Å². The van der Waals surface area contributed by atoms with Gasteiger partial charge in [0.15, 0.2) is 23.9 Å². The van der Waals surface area contributed by atoms with E-state index in [0.717, 1.165) is 5.56 Å². The van der Waals surface area contributed by atoms with E-state index in [1.807, 2.05) is 6.07 Å². The van der Waals surface area contributed by atoms with E-state index >= 15 is 0 Å². The zero-order valence-electron chi connectivity index (χ0n) is 13.5. The minimum atomic E-state index is -1.07. The van der Waals surface area contributed by atoms with Crippen LogP contribution in [0, 0.1) is 0 Å². The Balaban J connectivity index is 1.86. The Morgan fingerprint density at radius 1 is 1.24 bits per heavy atom. The van der Waals surface area contributed by atoms with E-state index in [2.05, 4.69) is 0 Å². The molecule has 0 radical (unpaired) electrons. The van der Waals surface area contributed by atoms with Crippen molar-refractivity contribution in [2.24, 2.45) is 0 Å². The molecule has 1 N–H and O–H groups in total. The monoisotopic (exact) mass is 340 g/mol. The second-order valence-electron chi connectivity index (χ2n) is 5.38. The molecule has 25 heavy (non-hydrogen) atoms. The Kier molecular flexibility index (Phi) is 4.70. The molecule has 0 fully saturated rings. The Morgan fingerprint density at radius 3 is 2.80 bits per heavy atom. The van der Waals surface area contributed by atoms with Crippen molar-refractivity contribution in [1.29, 1.82) is 0 Å². The molecule has 1 aliphatic rings. The lowest BCUT2D eigenvalue weighted by Gasteiger charge is -2.18. The Bertz CT molecular complexity index is 853. The highest BCUT2D eigenvalue weighted by atomic mass is 16.5. The molecule has 2 aromatic rings. The van der Waals surface area contributed by atoms with Gasteiger partial charge in [0.05, 0.1) is 12.7 Å². The van der Waals surface area contributed by atoms with Crippen LogP contribution in [0.2, 0.25) is 0 Å². The molecule has 0 unspecified atom stereocenters. The summed E-state index contributed by atoms with van der Waals surface area (Å²) in [5.41, 5.74) is 1.79. The highest BCUT2D eigenvalue weighted by Gasteiger charge is 2.22. The van der Waals surface area contributed by atoms with Gasteiger partial charge in [-0.15, -0.1) is 0 Å². The molecule has 0 aromatic heterocycles. The highest BCUT2D eigenvalue weighted by molar-refractivity contribution is 6.14. The molecular weight excluding hydrogens is 324 g/mol. The first-order valence-corrected chi connectivity index (χ1v) is 7.58. The third-order valence-corrected chi connectivity index (χ3v) is 3.69. The van der Waals surface area contributed by atoms with Crippen molar-refractivity contribution in [1.82, 2.24) is 0 Å². The number of methoxy groups -OCH3 is 1. The molecule has 0 atom stereocenters. The number of fused-ring (bicyclic) bond motifs is 1. The van der Waals surface area contributed by atoms with Crippen LogP contribution < -0.4 is 14.2 Å². The number of hydrogen-bond acceptors (Lipinski definition) is 5. The quantitative estimate of drug-likeness (QED) is 0.843. The van der Waals surface area contributed by atoms with Crippen LogP contribution in [0.1, 0.15) is 15.9 Å². The number of Topliss-reactive ketones (excluding diaryl/α,β-unsaturated/α-hetero) is 1. The molecule has 1 aliphatic heterocycles. The molecule has 2 aromatic carbocycles. The molecule has 6 heteroatoms. The predicted molar refractivity (Wildman–Crippen MR) is 90.4 cm³/mol. The van der Waals surface area contributed by atoms with Gasteiger partial charge in [0, 0.05) is 5.57 Å². The molecule has 6 nitrogen and oxygen atoms in total. The summed E-state index contributed by atoms with van der Waals surface area (Å²) in [5.74, 6) is 0.146. The summed E-state index contributed by atoms with van der Waals surface area (Å²) in [5, 5.41) is 8.69. The number of para-hydroxylation sites is 1. The summed E-state index contributed by atoms with van der Waals surface area (Å²) in [7, 11) is 1.46. The van der Waals surface area contributed by atoms with E-state index in [1.54, 1.807) is 42.5 Å². The Labute approximate surface area is 144 Å². The van der Waals surface area contributed by atoms with E-state index in [4.69, 9.17) is 19.3 Å². The number of rotatable bonds is 5. The highest BCUT2D eigenvalue weighted by Crippen LogP contribution is 2.31. The lowest BCUT2D eigenvalue weighted by molar-refractivity contribution is -0.139. The van der Waals surface area contributed by atoms with Gasteiger partial charge in [0.1, 0.15) is 12.4 Å². The van der Waals surface area contributed by atoms with Crippen LogP contribution in [0.4, 0.5) is 0 Å². The number of aliphatic carboxylic acids is 1. The van der Waals surface area contributed by atoms with Gasteiger partial charge in [-0.25, -0.2) is 4.79 Å². The lowest BCUT2D eigenvalue weighted by Crippen LogP contribution is -2.18. The van der Waals surface area contributed by atoms with Crippen LogP contribution in [-0.4, -0.2) is 37.2 Å². The summed E-state index contributed by atoms with van der Waals surface area (Å²) in [6.07, 6.45) is 1.72. The summed E-state index contributed by atoms with van der Waals surface area (Å²) < 4.78 is 16.0. The third-order valence-electron chi connectivity index (χ3n) is 3.69. The predicted octanol–water partition coefficient (Wildman–Crippen LogP) is 2.82. The average Bonchev–Trinajstić information content (AvgIpc) is 2.63. The third kappa shape index (κ3) is 3.63. The first kappa shape index (κ1) is 16.6. The maximum absolute atomic E-state index is 12.6. The van der Waals surface area contributed by atoms with Crippen LogP contribution in [0.15, 0.2) is 48.0 Å². The number of carbonyl (C=O) groups is 2. The lowest BCUT2D eigenvalue weighted by atomic mass is 9.98. The number of hydrogen-bond donors (Lipinski definition) is 1. The molecule has 0 bridgehead atoms. The van der Waals surface area contributed by atoms with E-state index in [-0.39, 0.29) is 12.4 Å². The van der Waals surface area contributed by atoms with Crippen molar-refractivity contribution in [3.8, 4) is 17.2 Å². The number of ketones is 1. The number of ether oxygens (including phenoxy) is 3. The smallest absolute Gasteiger partial charge is 0.341 e. The fourth-order valence-corrected chi connectivity index (χ4v) is 2.52. The van der Waals surface area contributed by atoms with Crippen molar-refractivity contribution in [2.45, 2.75) is 0 Å². The van der Waals surface area contributed by atoms with Crippen molar-refractivity contribution >= 4 is 17.8 Å². The van der Waals surface area contributed by atoms with Crippen LogP contribution in [0.5, 0.6) is 17.2 Å². The maximum atomic E-state index is 12.6. The van der Waals surface area contributed by atoms with Gasteiger partial charge < -0.3 is 19.3 Å². The normalized spacial score (nSPS) is 14.6. The minimum Gasteiger partial charge on any atom is -0.493 e. The second kappa shape index (κ2) is 7.09. The fraction of sp³-hybridized carbons (Fsp3) is 0.158. The summed E-state index contributed by atoms with van der Waals surface area (Å²) in [6.45, 7) is -0.269. The van der Waals surface area contributed by atoms with Gasteiger partial charge in [0.25, 0.3) is 0 Å². The largest absolute Gasteiger partial charge is 0.493 e.